The number of rotatable bonds is 4. The van der Waals surface area contributed by atoms with Gasteiger partial charge >= 0.3 is 6.09 Å². The van der Waals surface area contributed by atoms with Crippen molar-refractivity contribution < 1.29 is 19.4 Å². The van der Waals surface area contributed by atoms with Gasteiger partial charge in [-0.25, -0.2) is 9.64 Å². The zero-order valence-corrected chi connectivity index (χ0v) is 19.5. The molecule has 2 saturated heterocycles. The predicted molar refractivity (Wildman–Crippen MR) is 126 cm³/mol. The van der Waals surface area contributed by atoms with Crippen LogP contribution in [0.3, 0.4) is 0 Å². The van der Waals surface area contributed by atoms with Gasteiger partial charge in [-0.05, 0) is 77.0 Å². The minimum absolute atomic E-state index is 0.226. The van der Waals surface area contributed by atoms with E-state index >= 15 is 0 Å². The molecule has 2 amide bonds. The smallest absolute Gasteiger partial charge is 0.411 e. The van der Waals surface area contributed by atoms with E-state index in [0.717, 1.165) is 63.7 Å². The van der Waals surface area contributed by atoms with Gasteiger partial charge in [0, 0.05) is 37.1 Å². The SMILES string of the molecule is [C-]#[N+]c1cc(NC(=O)OC(C)C)ccc1N1CCC[C@@]2(CCN(C3CCC(O)CC3)C2=O)C1. The second-order valence-electron chi connectivity index (χ2n) is 9.91. The Balaban J connectivity index is 1.47. The fraction of sp³-hybridized carbons (Fsp3) is 0.640. The summed E-state index contributed by atoms with van der Waals surface area (Å²) in [6, 6.07) is 5.55. The number of carbonyl (C=O) groups is 2. The van der Waals surface area contributed by atoms with Gasteiger partial charge in [0.2, 0.25) is 11.6 Å². The van der Waals surface area contributed by atoms with Crippen LogP contribution < -0.4 is 10.2 Å². The first-order chi connectivity index (χ1) is 15.8. The number of likely N-dealkylation sites (tertiary alicyclic amines) is 1. The van der Waals surface area contributed by atoms with E-state index in [4.69, 9.17) is 11.3 Å². The van der Waals surface area contributed by atoms with Crippen LogP contribution in [0.2, 0.25) is 0 Å². The molecule has 3 aliphatic rings. The molecule has 0 unspecified atom stereocenters. The molecule has 2 aliphatic heterocycles. The average molecular weight is 455 g/mol. The molecule has 8 nitrogen and oxygen atoms in total. The summed E-state index contributed by atoms with van der Waals surface area (Å²) in [6.45, 7) is 13.4. The summed E-state index contributed by atoms with van der Waals surface area (Å²) in [5.41, 5.74) is 1.38. The van der Waals surface area contributed by atoms with Crippen LogP contribution in [0.15, 0.2) is 18.2 Å². The van der Waals surface area contributed by atoms with Crippen LogP contribution in [0.25, 0.3) is 4.85 Å². The third-order valence-electron chi connectivity index (χ3n) is 7.26. The normalized spacial score (nSPS) is 27.7. The maximum Gasteiger partial charge on any atom is 0.411 e. The fourth-order valence-corrected chi connectivity index (χ4v) is 5.60. The van der Waals surface area contributed by atoms with Crippen molar-refractivity contribution in [2.45, 2.75) is 77.0 Å². The second-order valence-corrected chi connectivity index (χ2v) is 9.91. The highest BCUT2D eigenvalue weighted by molar-refractivity contribution is 5.89. The number of nitrogens with one attached hydrogen (secondary N) is 1. The van der Waals surface area contributed by atoms with Crippen LogP contribution in [0.1, 0.15) is 58.8 Å². The minimum atomic E-state index is -0.544. The molecule has 33 heavy (non-hydrogen) atoms. The fourth-order valence-electron chi connectivity index (χ4n) is 5.60. The summed E-state index contributed by atoms with van der Waals surface area (Å²) in [4.78, 5) is 33.4. The Bertz CT molecular complexity index is 935. The maximum atomic E-state index is 13.6. The third-order valence-corrected chi connectivity index (χ3v) is 7.26. The molecule has 1 saturated carbocycles. The van der Waals surface area contributed by atoms with E-state index in [-0.39, 0.29) is 24.2 Å². The number of piperidine rings is 1. The second kappa shape index (κ2) is 9.60. The van der Waals surface area contributed by atoms with Crippen LogP contribution in [0.4, 0.5) is 21.9 Å². The number of amides is 2. The van der Waals surface area contributed by atoms with Gasteiger partial charge < -0.3 is 19.6 Å². The Hall–Kier alpha value is -2.79. The number of benzene rings is 1. The number of carbonyl (C=O) groups excluding carboxylic acids is 2. The van der Waals surface area contributed by atoms with Crippen LogP contribution in [-0.2, 0) is 9.53 Å². The van der Waals surface area contributed by atoms with Gasteiger partial charge in [0.05, 0.1) is 24.2 Å². The molecule has 1 aromatic rings. The molecule has 0 bridgehead atoms. The Labute approximate surface area is 195 Å². The van der Waals surface area contributed by atoms with Crippen molar-refractivity contribution in [2.24, 2.45) is 5.41 Å². The largest absolute Gasteiger partial charge is 0.447 e. The van der Waals surface area contributed by atoms with E-state index in [2.05, 4.69) is 20.0 Å². The summed E-state index contributed by atoms with van der Waals surface area (Å²) in [5.74, 6) is 0.243. The van der Waals surface area contributed by atoms with E-state index < -0.39 is 11.5 Å². The van der Waals surface area contributed by atoms with E-state index in [9.17, 15) is 14.7 Å². The van der Waals surface area contributed by atoms with Gasteiger partial charge in [-0.2, -0.15) is 0 Å². The highest BCUT2D eigenvalue weighted by atomic mass is 16.6. The van der Waals surface area contributed by atoms with Crippen LogP contribution in [-0.4, -0.2) is 59.9 Å². The lowest BCUT2D eigenvalue weighted by molar-refractivity contribution is -0.139. The maximum absolute atomic E-state index is 13.6. The third kappa shape index (κ3) is 4.93. The van der Waals surface area contributed by atoms with Crippen LogP contribution >= 0.6 is 0 Å². The molecule has 4 rings (SSSR count). The summed E-state index contributed by atoms with van der Waals surface area (Å²) < 4.78 is 5.12. The summed E-state index contributed by atoms with van der Waals surface area (Å²) >= 11 is 0. The number of hydrogen-bond donors (Lipinski definition) is 2. The summed E-state index contributed by atoms with van der Waals surface area (Å²) in [7, 11) is 0. The lowest BCUT2D eigenvalue weighted by Crippen LogP contribution is -2.50. The average Bonchev–Trinajstić information content (AvgIpc) is 3.09. The molecular formula is C25H34N4O4. The monoisotopic (exact) mass is 454 g/mol. The molecule has 0 radical (unpaired) electrons. The Morgan fingerprint density at radius 1 is 1.24 bits per heavy atom. The zero-order chi connectivity index (χ0) is 23.6. The first kappa shape index (κ1) is 23.4. The molecule has 3 fully saturated rings. The number of aliphatic hydroxyl groups excluding tert-OH is 1. The number of anilines is 2. The van der Waals surface area contributed by atoms with Gasteiger partial charge in [0.15, 0.2) is 0 Å². The Morgan fingerprint density at radius 2 is 2.00 bits per heavy atom. The van der Waals surface area contributed by atoms with E-state index in [1.165, 1.54) is 0 Å². The summed E-state index contributed by atoms with van der Waals surface area (Å²) in [6.07, 6.45) is 4.92. The molecule has 1 aliphatic carbocycles. The van der Waals surface area contributed by atoms with Crippen molar-refractivity contribution >= 4 is 29.1 Å². The van der Waals surface area contributed by atoms with E-state index in [0.29, 0.717) is 17.9 Å². The van der Waals surface area contributed by atoms with Crippen molar-refractivity contribution in [2.75, 3.05) is 29.9 Å². The molecule has 1 aromatic carbocycles. The Morgan fingerprint density at radius 3 is 2.70 bits per heavy atom. The van der Waals surface area contributed by atoms with Crippen molar-refractivity contribution in [3.05, 3.63) is 29.6 Å². The number of aliphatic hydroxyl groups is 1. The van der Waals surface area contributed by atoms with Crippen molar-refractivity contribution in [3.63, 3.8) is 0 Å². The highest BCUT2D eigenvalue weighted by Gasteiger charge is 2.50. The first-order valence-electron chi connectivity index (χ1n) is 12.0. The van der Waals surface area contributed by atoms with Crippen molar-refractivity contribution in [3.8, 4) is 0 Å². The van der Waals surface area contributed by atoms with Gasteiger partial charge in [-0.1, -0.05) is 0 Å². The van der Waals surface area contributed by atoms with Gasteiger partial charge in [-0.15, -0.1) is 0 Å². The lowest BCUT2D eigenvalue weighted by atomic mass is 9.78. The summed E-state index contributed by atoms with van der Waals surface area (Å²) in [5, 5.41) is 12.5. The van der Waals surface area contributed by atoms with Crippen LogP contribution in [0, 0.1) is 12.0 Å². The van der Waals surface area contributed by atoms with Crippen LogP contribution in [0.5, 0.6) is 0 Å². The first-order valence-corrected chi connectivity index (χ1v) is 12.0. The highest BCUT2D eigenvalue weighted by Crippen LogP contribution is 2.45. The minimum Gasteiger partial charge on any atom is -0.447 e. The van der Waals surface area contributed by atoms with Crippen molar-refractivity contribution in [1.82, 2.24) is 4.90 Å². The molecular weight excluding hydrogens is 420 g/mol. The standard InChI is InChI=1S/C25H34N4O4/c1-17(2)33-24(32)27-18-5-10-22(21(15-18)26-3)28-13-4-11-25(16-28)12-14-29(23(25)31)19-6-8-20(30)9-7-19/h5,10,15,17,19-20,30H,4,6-9,11-14,16H2,1-2H3,(H,27,32)/t19?,20?,25-/m1/s1. The van der Waals surface area contributed by atoms with E-state index in [1.807, 2.05) is 6.07 Å². The zero-order valence-electron chi connectivity index (χ0n) is 19.5. The lowest BCUT2D eigenvalue weighted by Gasteiger charge is -2.42. The van der Waals surface area contributed by atoms with Crippen molar-refractivity contribution in [1.29, 1.82) is 0 Å². The Kier molecular flexibility index (Phi) is 6.80. The number of nitrogens with zero attached hydrogens (tertiary/aromatic N) is 3. The van der Waals surface area contributed by atoms with Gasteiger partial charge in [0.1, 0.15) is 0 Å². The van der Waals surface area contributed by atoms with E-state index in [1.54, 1.807) is 26.0 Å². The molecule has 178 valence electrons. The molecule has 8 heteroatoms. The molecule has 1 spiro atoms. The molecule has 2 N–H and O–H groups in total. The molecule has 0 aromatic heterocycles. The molecule has 2 heterocycles. The quantitative estimate of drug-likeness (QED) is 0.662. The van der Waals surface area contributed by atoms with Gasteiger partial charge in [-0.3, -0.25) is 10.1 Å². The van der Waals surface area contributed by atoms with Gasteiger partial charge in [0.25, 0.3) is 0 Å². The number of ether oxygens (including phenoxy) is 1. The topological polar surface area (TPSA) is 86.5 Å². The molecule has 1 atom stereocenters. The number of hydrogen-bond acceptors (Lipinski definition) is 5. The predicted octanol–water partition coefficient (Wildman–Crippen LogP) is 4.32.